The van der Waals surface area contributed by atoms with E-state index in [4.69, 9.17) is 9.84 Å². The number of phenols is 1. The molecule has 0 aliphatic heterocycles. The number of aromatic nitrogens is 1. The van der Waals surface area contributed by atoms with Crippen molar-refractivity contribution in [2.45, 2.75) is 26.4 Å². The quantitative estimate of drug-likeness (QED) is 0.306. The fraction of sp³-hybridized carbons (Fsp3) is 0.138. The third-order valence-electron chi connectivity index (χ3n) is 5.78. The number of phenolic OH excluding ortho intramolecular Hbond substituents is 1. The average Bonchev–Trinajstić information content (AvgIpc) is 2.87. The second-order valence-corrected chi connectivity index (χ2v) is 8.24. The maximum Gasteiger partial charge on any atom is 0.335 e. The molecule has 0 saturated heterocycles. The van der Waals surface area contributed by atoms with Crippen molar-refractivity contribution in [2.75, 3.05) is 0 Å². The molecule has 6 nitrogen and oxygen atoms in total. The first-order valence-electron chi connectivity index (χ1n) is 11.2. The van der Waals surface area contributed by atoms with Crippen LogP contribution in [0.1, 0.15) is 44.3 Å². The van der Waals surface area contributed by atoms with Gasteiger partial charge in [0.05, 0.1) is 16.7 Å². The van der Waals surface area contributed by atoms with E-state index in [2.05, 4.69) is 4.98 Å². The maximum atomic E-state index is 11.9. The van der Waals surface area contributed by atoms with Crippen molar-refractivity contribution in [1.82, 2.24) is 4.98 Å². The molecule has 6 heteroatoms. The molecule has 1 aromatic heterocycles. The van der Waals surface area contributed by atoms with Gasteiger partial charge in [-0.3, -0.25) is 9.78 Å². The zero-order valence-corrected chi connectivity index (χ0v) is 19.3. The minimum absolute atomic E-state index is 0.108. The van der Waals surface area contributed by atoms with Crippen LogP contribution in [0.4, 0.5) is 0 Å². The van der Waals surface area contributed by atoms with Gasteiger partial charge in [-0.15, -0.1) is 0 Å². The number of carbonyl (C=O) groups is 2. The summed E-state index contributed by atoms with van der Waals surface area (Å²) in [5.41, 5.74) is 4.77. The molecule has 2 N–H and O–H groups in total. The number of aromatic hydroxyl groups is 1. The van der Waals surface area contributed by atoms with E-state index in [1.54, 1.807) is 54.9 Å². The number of hydrogen-bond donors (Lipinski definition) is 2. The molecule has 0 aliphatic rings. The highest BCUT2D eigenvalue weighted by atomic mass is 16.5. The highest BCUT2D eigenvalue weighted by Gasteiger charge is 2.18. The zero-order chi connectivity index (χ0) is 24.8. The summed E-state index contributed by atoms with van der Waals surface area (Å²) >= 11 is 0. The van der Waals surface area contributed by atoms with Gasteiger partial charge in [-0.05, 0) is 78.4 Å². The summed E-state index contributed by atoms with van der Waals surface area (Å²) in [6.45, 7) is 1.70. The smallest absolute Gasteiger partial charge is 0.335 e. The fourth-order valence-corrected chi connectivity index (χ4v) is 3.89. The molecular formula is C29H25NO5. The number of Topliss-reactive ketones (excluding diaryl/α,β-unsaturated/α-hetero) is 1. The number of ketones is 1. The topological polar surface area (TPSA) is 96.7 Å². The van der Waals surface area contributed by atoms with E-state index in [1.807, 2.05) is 30.3 Å². The van der Waals surface area contributed by atoms with Crippen molar-refractivity contribution in [1.29, 1.82) is 0 Å². The molecular weight excluding hydrogens is 442 g/mol. The number of benzene rings is 3. The molecule has 3 aromatic carbocycles. The van der Waals surface area contributed by atoms with Crippen molar-refractivity contribution in [3.05, 3.63) is 113 Å². The largest absolute Gasteiger partial charge is 0.506 e. The van der Waals surface area contributed by atoms with E-state index in [1.165, 1.54) is 6.92 Å². The number of aromatic carboxylic acids is 1. The third kappa shape index (κ3) is 5.73. The summed E-state index contributed by atoms with van der Waals surface area (Å²) in [6.07, 6.45) is 4.77. The first kappa shape index (κ1) is 23.7. The zero-order valence-electron chi connectivity index (χ0n) is 19.3. The number of rotatable bonds is 9. The van der Waals surface area contributed by atoms with Gasteiger partial charge < -0.3 is 14.9 Å². The van der Waals surface area contributed by atoms with Gasteiger partial charge in [-0.25, -0.2) is 4.79 Å². The van der Waals surface area contributed by atoms with Gasteiger partial charge in [0.2, 0.25) is 0 Å². The molecule has 0 amide bonds. The normalized spacial score (nSPS) is 10.7. The van der Waals surface area contributed by atoms with Crippen LogP contribution in [0.3, 0.4) is 0 Å². The molecule has 4 aromatic rings. The standard InChI is InChI=1S/C29H25NO5/c1-19(31)25-11-12-26(27(28(25)32)23-13-15-30-16-14-23)35-18-22-9-6-20(7-10-22)5-8-21-3-2-4-24(17-21)29(33)34/h2-4,6-7,9-17,32H,5,8,18H2,1H3,(H,33,34). The number of aryl methyl sites for hydroxylation is 2. The van der Waals surface area contributed by atoms with Crippen molar-refractivity contribution in [3.63, 3.8) is 0 Å². The second kappa shape index (κ2) is 10.7. The van der Waals surface area contributed by atoms with Crippen molar-refractivity contribution >= 4 is 11.8 Å². The lowest BCUT2D eigenvalue weighted by Crippen LogP contribution is -2.01. The fourth-order valence-electron chi connectivity index (χ4n) is 3.89. The van der Waals surface area contributed by atoms with E-state index >= 15 is 0 Å². The van der Waals surface area contributed by atoms with Crippen LogP contribution in [-0.2, 0) is 19.4 Å². The maximum absolute atomic E-state index is 11.9. The Morgan fingerprint density at radius 1 is 0.857 bits per heavy atom. The molecule has 0 aliphatic carbocycles. The molecule has 35 heavy (non-hydrogen) atoms. The number of pyridine rings is 1. The van der Waals surface area contributed by atoms with Gasteiger partial charge in [-0.2, -0.15) is 0 Å². The Morgan fingerprint density at radius 2 is 1.54 bits per heavy atom. The van der Waals surface area contributed by atoms with Gasteiger partial charge in [0.1, 0.15) is 18.1 Å². The highest BCUT2D eigenvalue weighted by molar-refractivity contribution is 6.00. The van der Waals surface area contributed by atoms with Crippen LogP contribution in [0.25, 0.3) is 11.1 Å². The van der Waals surface area contributed by atoms with Gasteiger partial charge >= 0.3 is 5.97 Å². The molecule has 0 unspecified atom stereocenters. The predicted octanol–water partition coefficient (Wildman–Crippen LogP) is 5.72. The molecule has 0 radical (unpaired) electrons. The molecule has 4 rings (SSSR count). The van der Waals surface area contributed by atoms with Crippen molar-refractivity contribution in [3.8, 4) is 22.6 Å². The minimum Gasteiger partial charge on any atom is -0.506 e. The van der Waals surface area contributed by atoms with Crippen LogP contribution in [0.2, 0.25) is 0 Å². The van der Waals surface area contributed by atoms with Crippen LogP contribution in [-0.4, -0.2) is 26.9 Å². The Kier molecular flexibility index (Phi) is 7.21. The van der Waals surface area contributed by atoms with Crippen molar-refractivity contribution in [2.24, 2.45) is 0 Å². The summed E-state index contributed by atoms with van der Waals surface area (Å²) in [4.78, 5) is 27.1. The van der Waals surface area contributed by atoms with E-state index < -0.39 is 5.97 Å². The van der Waals surface area contributed by atoms with Gasteiger partial charge in [0.15, 0.2) is 5.78 Å². The molecule has 176 valence electrons. The van der Waals surface area contributed by atoms with E-state index in [9.17, 15) is 14.7 Å². The van der Waals surface area contributed by atoms with Gasteiger partial charge in [-0.1, -0.05) is 36.4 Å². The number of nitrogens with zero attached hydrogens (tertiary/aromatic N) is 1. The van der Waals surface area contributed by atoms with E-state index in [0.717, 1.165) is 29.5 Å². The molecule has 0 fully saturated rings. The average molecular weight is 468 g/mol. The molecule has 1 heterocycles. The number of carbonyl (C=O) groups excluding carboxylic acids is 1. The summed E-state index contributed by atoms with van der Waals surface area (Å²) < 4.78 is 6.05. The molecule has 0 atom stereocenters. The lowest BCUT2D eigenvalue weighted by Gasteiger charge is -2.15. The number of ether oxygens (including phenoxy) is 1. The third-order valence-corrected chi connectivity index (χ3v) is 5.78. The van der Waals surface area contributed by atoms with Gasteiger partial charge in [0.25, 0.3) is 0 Å². The van der Waals surface area contributed by atoms with E-state index in [0.29, 0.717) is 22.4 Å². The van der Waals surface area contributed by atoms with Crippen LogP contribution in [0.15, 0.2) is 85.2 Å². The first-order valence-corrected chi connectivity index (χ1v) is 11.2. The second-order valence-electron chi connectivity index (χ2n) is 8.24. The lowest BCUT2D eigenvalue weighted by molar-refractivity contribution is 0.0696. The number of carboxylic acids is 1. The minimum atomic E-state index is -0.924. The summed E-state index contributed by atoms with van der Waals surface area (Å²) in [7, 11) is 0. The Balaban J connectivity index is 1.45. The monoisotopic (exact) mass is 467 g/mol. The SMILES string of the molecule is CC(=O)c1ccc(OCc2ccc(CCc3cccc(C(=O)O)c3)cc2)c(-c2ccncc2)c1O. The first-order chi connectivity index (χ1) is 16.9. The van der Waals surface area contributed by atoms with Crippen molar-refractivity contribution < 1.29 is 24.5 Å². The summed E-state index contributed by atoms with van der Waals surface area (Å²) in [6, 6.07) is 21.8. The van der Waals surface area contributed by atoms with Gasteiger partial charge in [0, 0.05) is 12.4 Å². The van der Waals surface area contributed by atoms with Crippen LogP contribution < -0.4 is 4.74 Å². The Morgan fingerprint density at radius 3 is 2.23 bits per heavy atom. The van der Waals surface area contributed by atoms with Crippen LogP contribution >= 0.6 is 0 Å². The molecule has 0 bridgehead atoms. The number of hydrogen-bond acceptors (Lipinski definition) is 5. The molecule has 0 spiro atoms. The highest BCUT2D eigenvalue weighted by Crippen LogP contribution is 2.40. The predicted molar refractivity (Wildman–Crippen MR) is 133 cm³/mol. The Labute approximate surface area is 203 Å². The number of carboxylic acid groups (broad SMARTS) is 1. The Bertz CT molecular complexity index is 1350. The summed E-state index contributed by atoms with van der Waals surface area (Å²) in [5, 5.41) is 19.9. The van der Waals surface area contributed by atoms with Crippen LogP contribution in [0, 0.1) is 0 Å². The van der Waals surface area contributed by atoms with E-state index in [-0.39, 0.29) is 23.7 Å². The Hall–Kier alpha value is -4.45. The lowest BCUT2D eigenvalue weighted by atomic mass is 9.99. The van der Waals surface area contributed by atoms with Crippen LogP contribution in [0.5, 0.6) is 11.5 Å². The summed E-state index contributed by atoms with van der Waals surface area (Å²) in [5.74, 6) is -0.785. The molecule has 0 saturated carbocycles.